The van der Waals surface area contributed by atoms with Crippen LogP contribution in [0.4, 0.5) is 4.79 Å². The molecular weight excluding hydrogens is 460 g/mol. The fourth-order valence-electron chi connectivity index (χ4n) is 5.12. The molecule has 8 heteroatoms. The van der Waals surface area contributed by atoms with Gasteiger partial charge in [-0.3, -0.25) is 19.5 Å². The second-order valence-electron chi connectivity index (χ2n) is 9.17. The van der Waals surface area contributed by atoms with Crippen molar-refractivity contribution in [2.75, 3.05) is 19.6 Å². The number of aromatic nitrogens is 1. The minimum atomic E-state index is -1.22. The van der Waals surface area contributed by atoms with E-state index in [1.165, 1.54) is 4.90 Å². The molecule has 2 aromatic heterocycles. The zero-order valence-electron chi connectivity index (χ0n) is 19.6. The molecule has 1 unspecified atom stereocenters. The van der Waals surface area contributed by atoms with E-state index in [0.717, 1.165) is 10.4 Å². The van der Waals surface area contributed by atoms with Crippen molar-refractivity contribution in [3.8, 4) is 0 Å². The summed E-state index contributed by atoms with van der Waals surface area (Å²) < 4.78 is 0. The molecule has 0 bridgehead atoms. The number of rotatable bonds is 6. The first-order valence-electron chi connectivity index (χ1n) is 11.9. The summed E-state index contributed by atoms with van der Waals surface area (Å²) in [6, 6.07) is 16.6. The number of nitrogens with one attached hydrogen (secondary N) is 1. The van der Waals surface area contributed by atoms with Crippen LogP contribution in [0.1, 0.15) is 39.3 Å². The van der Waals surface area contributed by atoms with E-state index in [1.54, 1.807) is 23.6 Å². The quantitative estimate of drug-likeness (QED) is 0.532. The fraction of sp³-hybridized carbons (Fsp3) is 0.333. The molecule has 0 aliphatic carbocycles. The van der Waals surface area contributed by atoms with Crippen LogP contribution in [-0.2, 0) is 16.8 Å². The summed E-state index contributed by atoms with van der Waals surface area (Å²) in [6.07, 6.45) is 3.47. The van der Waals surface area contributed by atoms with E-state index in [2.05, 4.69) is 10.3 Å². The molecule has 2 aliphatic heterocycles. The van der Waals surface area contributed by atoms with Gasteiger partial charge in [-0.1, -0.05) is 29.8 Å². The van der Waals surface area contributed by atoms with Gasteiger partial charge in [0.2, 0.25) is 0 Å². The van der Waals surface area contributed by atoms with Crippen molar-refractivity contribution < 1.29 is 14.4 Å². The standard InChI is InChI=1S/C27H28N4O3S/c1-19-7-9-20(10-8-19)24(32)30-15-11-21(12-16-30)27(23-6-2-3-14-28-23)25(33)31(26(34)29-27)17-13-22-5-4-18-35-22/h2-10,14,18,21H,11-13,15-17H2,1H3,(H,29,34). The molecule has 1 atom stereocenters. The van der Waals surface area contributed by atoms with Crippen LogP contribution in [0, 0.1) is 12.8 Å². The van der Waals surface area contributed by atoms with Crippen LogP contribution < -0.4 is 5.32 Å². The number of aryl methyl sites for hydroxylation is 1. The molecular formula is C27H28N4O3S. The zero-order chi connectivity index (χ0) is 24.4. The molecule has 2 saturated heterocycles. The van der Waals surface area contributed by atoms with Crippen LogP contribution in [0.3, 0.4) is 0 Å². The molecule has 1 N–H and O–H groups in total. The van der Waals surface area contributed by atoms with Gasteiger partial charge in [-0.25, -0.2) is 4.79 Å². The van der Waals surface area contributed by atoms with E-state index in [4.69, 9.17) is 0 Å². The number of thiophene rings is 1. The topological polar surface area (TPSA) is 82.6 Å². The lowest BCUT2D eigenvalue weighted by Crippen LogP contribution is -2.54. The summed E-state index contributed by atoms with van der Waals surface area (Å²) in [6.45, 7) is 3.35. The molecule has 35 heavy (non-hydrogen) atoms. The fourth-order valence-corrected chi connectivity index (χ4v) is 5.82. The van der Waals surface area contributed by atoms with Gasteiger partial charge < -0.3 is 10.2 Å². The van der Waals surface area contributed by atoms with Gasteiger partial charge in [0.25, 0.3) is 11.8 Å². The first-order chi connectivity index (χ1) is 17.0. The highest BCUT2D eigenvalue weighted by molar-refractivity contribution is 7.09. The predicted octanol–water partition coefficient (Wildman–Crippen LogP) is 3.99. The summed E-state index contributed by atoms with van der Waals surface area (Å²) in [5.74, 6) is -0.418. The van der Waals surface area contributed by atoms with Crippen molar-refractivity contribution in [1.82, 2.24) is 20.1 Å². The number of carbonyl (C=O) groups excluding carboxylic acids is 3. The SMILES string of the molecule is Cc1ccc(C(=O)N2CCC(C3(c4ccccn4)NC(=O)N(CCc4cccs4)C3=O)CC2)cc1. The largest absolute Gasteiger partial charge is 0.339 e. The number of piperidine rings is 1. The van der Waals surface area contributed by atoms with E-state index < -0.39 is 5.54 Å². The summed E-state index contributed by atoms with van der Waals surface area (Å²) in [7, 11) is 0. The number of imide groups is 1. The Bertz CT molecular complexity index is 1200. The number of urea groups is 1. The molecule has 0 radical (unpaired) electrons. The number of pyridine rings is 1. The van der Waals surface area contributed by atoms with Crippen LogP contribution in [0.5, 0.6) is 0 Å². The Labute approximate surface area is 208 Å². The van der Waals surface area contributed by atoms with Crippen LogP contribution in [0.2, 0.25) is 0 Å². The van der Waals surface area contributed by atoms with Gasteiger partial charge in [0.15, 0.2) is 5.54 Å². The minimum absolute atomic E-state index is 0.00491. The molecule has 5 rings (SSSR count). The minimum Gasteiger partial charge on any atom is -0.339 e. The van der Waals surface area contributed by atoms with Gasteiger partial charge >= 0.3 is 6.03 Å². The van der Waals surface area contributed by atoms with Gasteiger partial charge in [0.05, 0.1) is 5.69 Å². The first kappa shape index (κ1) is 23.2. The van der Waals surface area contributed by atoms with Crippen molar-refractivity contribution in [2.45, 2.75) is 31.7 Å². The molecule has 2 aliphatic rings. The molecule has 3 aromatic rings. The van der Waals surface area contributed by atoms with E-state index >= 15 is 0 Å². The number of hydrogen-bond acceptors (Lipinski definition) is 5. The van der Waals surface area contributed by atoms with Crippen molar-refractivity contribution >= 4 is 29.2 Å². The Morgan fingerprint density at radius 3 is 2.51 bits per heavy atom. The summed E-state index contributed by atoms with van der Waals surface area (Å²) in [5.41, 5.74) is 1.11. The number of likely N-dealkylation sites (tertiary alicyclic amines) is 1. The van der Waals surface area contributed by atoms with Gasteiger partial charge in [-0.2, -0.15) is 0 Å². The Hall–Kier alpha value is -3.52. The van der Waals surface area contributed by atoms with Crippen molar-refractivity contribution in [2.24, 2.45) is 5.92 Å². The molecule has 0 saturated carbocycles. The lowest BCUT2D eigenvalue weighted by molar-refractivity contribution is -0.134. The zero-order valence-corrected chi connectivity index (χ0v) is 20.5. The Kier molecular flexibility index (Phi) is 6.38. The highest BCUT2D eigenvalue weighted by atomic mass is 32.1. The van der Waals surface area contributed by atoms with Gasteiger partial charge in [-0.15, -0.1) is 11.3 Å². The number of carbonyl (C=O) groups is 3. The van der Waals surface area contributed by atoms with Crippen LogP contribution >= 0.6 is 11.3 Å². The van der Waals surface area contributed by atoms with Gasteiger partial charge in [0, 0.05) is 42.2 Å². The van der Waals surface area contributed by atoms with Crippen molar-refractivity contribution in [3.63, 3.8) is 0 Å². The van der Waals surface area contributed by atoms with Crippen LogP contribution in [-0.4, -0.2) is 52.3 Å². The van der Waals surface area contributed by atoms with E-state index in [9.17, 15) is 14.4 Å². The van der Waals surface area contributed by atoms with E-state index in [0.29, 0.717) is 50.2 Å². The second kappa shape index (κ2) is 9.62. The van der Waals surface area contributed by atoms with Crippen LogP contribution in [0.15, 0.2) is 66.2 Å². The van der Waals surface area contributed by atoms with Gasteiger partial charge in [-0.05, 0) is 61.9 Å². The second-order valence-corrected chi connectivity index (χ2v) is 10.2. The maximum Gasteiger partial charge on any atom is 0.325 e. The molecule has 2 fully saturated rings. The van der Waals surface area contributed by atoms with E-state index in [1.807, 2.05) is 65.7 Å². The maximum absolute atomic E-state index is 13.9. The van der Waals surface area contributed by atoms with E-state index in [-0.39, 0.29) is 23.8 Å². The molecule has 4 amide bonds. The predicted molar refractivity (Wildman–Crippen MR) is 134 cm³/mol. The number of benzene rings is 1. The molecule has 1 aromatic carbocycles. The third kappa shape index (κ3) is 4.34. The number of nitrogens with zero attached hydrogens (tertiary/aromatic N) is 3. The third-order valence-corrected chi connectivity index (χ3v) is 7.99. The van der Waals surface area contributed by atoms with Crippen molar-refractivity contribution in [1.29, 1.82) is 0 Å². The monoisotopic (exact) mass is 488 g/mol. The highest BCUT2D eigenvalue weighted by Crippen LogP contribution is 2.41. The Morgan fingerprint density at radius 1 is 1.09 bits per heavy atom. The normalized spacial score (nSPS) is 20.8. The van der Waals surface area contributed by atoms with Crippen LogP contribution in [0.25, 0.3) is 0 Å². The molecule has 4 heterocycles. The lowest BCUT2D eigenvalue weighted by Gasteiger charge is -2.40. The maximum atomic E-state index is 13.9. The summed E-state index contributed by atoms with van der Waals surface area (Å²) in [4.78, 5) is 48.8. The van der Waals surface area contributed by atoms with Gasteiger partial charge in [0.1, 0.15) is 0 Å². The molecule has 180 valence electrons. The smallest absolute Gasteiger partial charge is 0.325 e. The first-order valence-corrected chi connectivity index (χ1v) is 12.8. The lowest BCUT2D eigenvalue weighted by atomic mass is 9.75. The molecule has 7 nitrogen and oxygen atoms in total. The number of amides is 4. The number of hydrogen-bond donors (Lipinski definition) is 1. The summed E-state index contributed by atoms with van der Waals surface area (Å²) in [5, 5.41) is 5.03. The average molecular weight is 489 g/mol. The highest BCUT2D eigenvalue weighted by Gasteiger charge is 2.58. The Morgan fingerprint density at radius 2 is 1.86 bits per heavy atom. The third-order valence-electron chi connectivity index (χ3n) is 7.06. The van der Waals surface area contributed by atoms with Crippen molar-refractivity contribution in [3.05, 3.63) is 87.9 Å². The Balaban J connectivity index is 1.36. The summed E-state index contributed by atoms with van der Waals surface area (Å²) >= 11 is 1.62. The average Bonchev–Trinajstić information content (AvgIpc) is 3.50. The molecule has 0 spiro atoms.